The third kappa shape index (κ3) is 3.74. The van der Waals surface area contributed by atoms with E-state index in [0.717, 1.165) is 11.1 Å². The van der Waals surface area contributed by atoms with Crippen LogP contribution in [0.1, 0.15) is 35.7 Å². The molecule has 3 atom stereocenters. The van der Waals surface area contributed by atoms with Gasteiger partial charge in [-0.05, 0) is 61.2 Å². The molecule has 0 unspecified atom stereocenters. The van der Waals surface area contributed by atoms with Crippen LogP contribution < -0.4 is 5.73 Å². The maximum absolute atomic E-state index is 14.8. The molecule has 2 aliphatic rings. The van der Waals surface area contributed by atoms with Crippen LogP contribution in [0.2, 0.25) is 5.02 Å². The quantitative estimate of drug-likeness (QED) is 0.724. The molecule has 1 amide bonds. The Morgan fingerprint density at radius 3 is 2.74 bits per heavy atom. The summed E-state index contributed by atoms with van der Waals surface area (Å²) in [6.45, 7) is 4.01. The van der Waals surface area contributed by atoms with E-state index in [-0.39, 0.29) is 17.5 Å². The minimum absolute atomic E-state index is 0.0212. The second-order valence-corrected chi connectivity index (χ2v) is 10.3. The fourth-order valence-corrected chi connectivity index (χ4v) is 6.06. The summed E-state index contributed by atoms with van der Waals surface area (Å²) in [4.78, 5) is 23.4. The SMILES string of the molecule is Cc1ccc(/C=C(\F)c2ccc(Cl)cn2)cc1[C@@]1(C)N=C(N)S[C@@]2(C(=O)N(C)C)C[C@H]21. The van der Waals surface area contributed by atoms with Gasteiger partial charge in [0, 0.05) is 26.2 Å². The van der Waals surface area contributed by atoms with Gasteiger partial charge in [0.25, 0.3) is 0 Å². The van der Waals surface area contributed by atoms with Crippen LogP contribution in [0.5, 0.6) is 0 Å². The Kier molecular flexibility index (Phi) is 5.38. The molecule has 0 radical (unpaired) electrons. The molecular formula is C23H24ClFN4OS. The second kappa shape index (κ2) is 7.64. The van der Waals surface area contributed by atoms with Gasteiger partial charge < -0.3 is 10.6 Å². The number of halogens is 2. The Morgan fingerprint density at radius 2 is 2.10 bits per heavy atom. The minimum Gasteiger partial charge on any atom is -0.378 e. The average Bonchev–Trinajstić information content (AvgIpc) is 3.45. The van der Waals surface area contributed by atoms with Crippen LogP contribution in [-0.2, 0) is 10.3 Å². The van der Waals surface area contributed by atoms with E-state index in [1.54, 1.807) is 31.1 Å². The summed E-state index contributed by atoms with van der Waals surface area (Å²) in [5.41, 5.74) is 8.40. The molecule has 0 spiro atoms. The molecule has 1 aromatic heterocycles. The number of carbonyl (C=O) groups excluding carboxylic acids is 1. The number of hydrogen-bond acceptors (Lipinski definition) is 5. The lowest BCUT2D eigenvalue weighted by atomic mass is 9.82. The van der Waals surface area contributed by atoms with Crippen LogP contribution in [0.25, 0.3) is 11.9 Å². The molecule has 0 bridgehead atoms. The van der Waals surface area contributed by atoms with Crippen LogP contribution >= 0.6 is 23.4 Å². The molecule has 1 aliphatic carbocycles. The van der Waals surface area contributed by atoms with Gasteiger partial charge in [0.2, 0.25) is 5.91 Å². The molecule has 2 N–H and O–H groups in total. The van der Waals surface area contributed by atoms with Crippen LogP contribution in [0.15, 0.2) is 41.5 Å². The number of hydrogen-bond donors (Lipinski definition) is 1. The lowest BCUT2D eigenvalue weighted by molar-refractivity contribution is -0.129. The van der Waals surface area contributed by atoms with E-state index in [4.69, 9.17) is 22.3 Å². The van der Waals surface area contributed by atoms with Crippen molar-refractivity contribution in [2.45, 2.75) is 30.6 Å². The third-order valence-electron chi connectivity index (χ3n) is 6.06. The summed E-state index contributed by atoms with van der Waals surface area (Å²) < 4.78 is 14.2. The highest BCUT2D eigenvalue weighted by molar-refractivity contribution is 8.15. The first-order chi connectivity index (χ1) is 14.6. The monoisotopic (exact) mass is 458 g/mol. The summed E-state index contributed by atoms with van der Waals surface area (Å²) in [6.07, 6.45) is 3.56. The first-order valence-electron chi connectivity index (χ1n) is 9.93. The van der Waals surface area contributed by atoms with Gasteiger partial charge in [-0.2, -0.15) is 0 Å². The summed E-state index contributed by atoms with van der Waals surface area (Å²) >= 11 is 7.20. The normalized spacial score (nSPS) is 27.4. The Hall–Kier alpha value is -2.38. The lowest BCUT2D eigenvalue weighted by Gasteiger charge is -2.35. The van der Waals surface area contributed by atoms with Crippen molar-refractivity contribution in [2.24, 2.45) is 16.6 Å². The number of thioether (sulfide) groups is 1. The molecule has 4 rings (SSSR count). The van der Waals surface area contributed by atoms with E-state index in [1.807, 2.05) is 32.0 Å². The molecule has 1 aromatic carbocycles. The molecule has 1 aliphatic heterocycles. The van der Waals surface area contributed by atoms with E-state index in [2.05, 4.69) is 4.98 Å². The zero-order valence-corrected chi connectivity index (χ0v) is 19.4. The molecular weight excluding hydrogens is 435 g/mol. The van der Waals surface area contributed by atoms with Gasteiger partial charge >= 0.3 is 0 Å². The fraction of sp³-hybridized carbons (Fsp3) is 0.348. The molecule has 1 fully saturated rings. The number of nitrogens with zero attached hydrogens (tertiary/aromatic N) is 3. The summed E-state index contributed by atoms with van der Waals surface area (Å²) in [7, 11) is 3.52. The van der Waals surface area contributed by atoms with Crippen molar-refractivity contribution in [3.63, 3.8) is 0 Å². The van der Waals surface area contributed by atoms with Crippen LogP contribution in [0.4, 0.5) is 4.39 Å². The van der Waals surface area contributed by atoms with Crippen molar-refractivity contribution in [3.05, 3.63) is 63.9 Å². The van der Waals surface area contributed by atoms with E-state index in [0.29, 0.717) is 22.2 Å². The van der Waals surface area contributed by atoms with Gasteiger partial charge in [0.15, 0.2) is 5.17 Å². The zero-order chi connectivity index (χ0) is 22.6. The number of nitrogens with two attached hydrogens (primary N) is 1. The number of pyridine rings is 1. The lowest BCUT2D eigenvalue weighted by Crippen LogP contribution is -2.43. The van der Waals surface area contributed by atoms with E-state index in [1.165, 1.54) is 24.0 Å². The number of aryl methyl sites for hydroxylation is 1. The predicted molar refractivity (Wildman–Crippen MR) is 126 cm³/mol. The minimum atomic E-state index is -0.663. The van der Waals surface area contributed by atoms with Gasteiger partial charge in [-0.1, -0.05) is 35.5 Å². The van der Waals surface area contributed by atoms with Crippen molar-refractivity contribution in [2.75, 3.05) is 14.1 Å². The average molecular weight is 459 g/mol. The third-order valence-corrected chi connectivity index (χ3v) is 7.57. The fourth-order valence-electron chi connectivity index (χ4n) is 4.44. The van der Waals surface area contributed by atoms with Crippen LogP contribution in [-0.4, -0.2) is 39.8 Å². The largest absolute Gasteiger partial charge is 0.378 e. The molecule has 2 heterocycles. The number of aromatic nitrogens is 1. The molecule has 2 aromatic rings. The van der Waals surface area contributed by atoms with Gasteiger partial charge in [-0.3, -0.25) is 14.8 Å². The smallest absolute Gasteiger partial charge is 0.239 e. The molecule has 162 valence electrons. The molecule has 5 nitrogen and oxygen atoms in total. The maximum Gasteiger partial charge on any atom is 0.239 e. The predicted octanol–water partition coefficient (Wildman–Crippen LogP) is 4.63. The molecule has 1 saturated carbocycles. The van der Waals surface area contributed by atoms with Gasteiger partial charge in [0.1, 0.15) is 10.6 Å². The van der Waals surface area contributed by atoms with Crippen molar-refractivity contribution < 1.29 is 9.18 Å². The van der Waals surface area contributed by atoms with Crippen molar-refractivity contribution in [1.82, 2.24) is 9.88 Å². The first-order valence-corrected chi connectivity index (χ1v) is 11.1. The van der Waals surface area contributed by atoms with Crippen LogP contribution in [0.3, 0.4) is 0 Å². The summed E-state index contributed by atoms with van der Waals surface area (Å²) in [5.74, 6) is -0.379. The highest BCUT2D eigenvalue weighted by atomic mass is 35.5. The Bertz CT molecular complexity index is 1120. The number of fused-ring (bicyclic) bond motifs is 1. The van der Waals surface area contributed by atoms with E-state index in [9.17, 15) is 9.18 Å². The topological polar surface area (TPSA) is 71.6 Å². The highest BCUT2D eigenvalue weighted by Gasteiger charge is 2.70. The standard InChI is InChI=1S/C23H24ClFN4OS/c1-13-5-6-14(10-17(25)18-8-7-15(24)12-27-18)9-16(13)22(2)19-11-23(19,20(30)29(3)4)31-21(26)28-22/h5-10,12,19H,11H2,1-4H3,(H2,26,28)/b17-10-/t19-,22+,23-/m0/s1. The van der Waals surface area contributed by atoms with Gasteiger partial charge in [-0.25, -0.2) is 4.39 Å². The van der Waals surface area contributed by atoms with Gasteiger partial charge in [-0.15, -0.1) is 0 Å². The van der Waals surface area contributed by atoms with E-state index < -0.39 is 16.1 Å². The maximum atomic E-state index is 14.8. The van der Waals surface area contributed by atoms with Crippen molar-refractivity contribution >= 4 is 46.3 Å². The van der Waals surface area contributed by atoms with E-state index >= 15 is 0 Å². The van der Waals surface area contributed by atoms with Crippen molar-refractivity contribution in [1.29, 1.82) is 0 Å². The summed E-state index contributed by atoms with van der Waals surface area (Å²) in [5, 5.41) is 0.858. The first kappa shape index (κ1) is 21.8. The second-order valence-electron chi connectivity index (χ2n) is 8.47. The number of amides is 1. The molecule has 8 heteroatoms. The van der Waals surface area contributed by atoms with Gasteiger partial charge in [0.05, 0.1) is 16.3 Å². The Balaban J connectivity index is 1.73. The number of aliphatic imine (C=N–C) groups is 1. The summed E-state index contributed by atoms with van der Waals surface area (Å²) in [6, 6.07) is 8.87. The number of benzene rings is 1. The Labute approximate surface area is 190 Å². The zero-order valence-electron chi connectivity index (χ0n) is 17.8. The van der Waals surface area contributed by atoms with Crippen molar-refractivity contribution in [3.8, 4) is 0 Å². The van der Waals surface area contributed by atoms with Crippen LogP contribution in [0, 0.1) is 12.8 Å². The number of rotatable bonds is 4. The molecule has 0 saturated heterocycles. The Morgan fingerprint density at radius 1 is 1.35 bits per heavy atom. The number of carbonyl (C=O) groups is 1. The number of amidine groups is 1. The highest BCUT2D eigenvalue weighted by Crippen LogP contribution is 2.66. The molecule has 31 heavy (non-hydrogen) atoms.